The number of amides is 1. The molecule has 0 aliphatic rings. The summed E-state index contributed by atoms with van der Waals surface area (Å²) in [5, 5.41) is 8.34. The van der Waals surface area contributed by atoms with Crippen LogP contribution in [0.15, 0.2) is 53.5 Å². The molecule has 0 fully saturated rings. The molecular formula is C18H18N4O4S2. The van der Waals surface area contributed by atoms with Crippen LogP contribution in [0, 0.1) is 0 Å². The highest BCUT2D eigenvalue weighted by Gasteiger charge is 2.26. The Morgan fingerprint density at radius 3 is 2.36 bits per heavy atom. The minimum atomic E-state index is -3.63. The third-order valence-corrected chi connectivity index (χ3v) is 6.68. The molecule has 28 heavy (non-hydrogen) atoms. The van der Waals surface area contributed by atoms with Crippen molar-refractivity contribution in [3.8, 4) is 21.1 Å². The van der Waals surface area contributed by atoms with Crippen molar-refractivity contribution < 1.29 is 13.2 Å². The number of nitrogens with two attached hydrogens (primary N) is 1. The molecular weight excluding hydrogens is 400 g/mol. The number of carbonyl (C=O) groups excluding carboxylic acids is 1. The van der Waals surface area contributed by atoms with Gasteiger partial charge in [-0.05, 0) is 12.5 Å². The van der Waals surface area contributed by atoms with E-state index >= 15 is 0 Å². The number of benzene rings is 1. The summed E-state index contributed by atoms with van der Waals surface area (Å²) in [6, 6.07) is 12.7. The van der Waals surface area contributed by atoms with E-state index in [0.717, 1.165) is 16.8 Å². The average molecular weight is 419 g/mol. The predicted octanol–water partition coefficient (Wildman–Crippen LogP) is 1.32. The third-order valence-electron chi connectivity index (χ3n) is 4.16. The Hall–Kier alpha value is -2.85. The maximum atomic E-state index is 12.4. The quantitative estimate of drug-likeness (QED) is 0.617. The molecule has 10 heteroatoms. The summed E-state index contributed by atoms with van der Waals surface area (Å²) in [6.07, 6.45) is 2.43. The van der Waals surface area contributed by atoms with E-state index in [4.69, 9.17) is 5.73 Å². The van der Waals surface area contributed by atoms with Crippen molar-refractivity contribution in [3.05, 3.63) is 59.0 Å². The van der Waals surface area contributed by atoms with Gasteiger partial charge in [0.15, 0.2) is 9.84 Å². The summed E-state index contributed by atoms with van der Waals surface area (Å²) in [5.74, 6) is -0.922. The van der Waals surface area contributed by atoms with Gasteiger partial charge in [0.1, 0.15) is 15.3 Å². The molecule has 2 aromatic heterocycles. The number of aryl methyl sites for hydroxylation is 1. The SMILES string of the molecule is CS(=O)(=O)C(CCn1ccc(-c2nnc(-c3ccccc3)s2)cc1=O)C(N)=O. The van der Waals surface area contributed by atoms with Crippen molar-refractivity contribution in [3.63, 3.8) is 0 Å². The number of nitrogens with zero attached hydrogens (tertiary/aromatic N) is 3. The Kier molecular flexibility index (Phi) is 5.71. The van der Waals surface area contributed by atoms with Gasteiger partial charge in [0.2, 0.25) is 5.91 Å². The van der Waals surface area contributed by atoms with E-state index in [0.29, 0.717) is 10.6 Å². The van der Waals surface area contributed by atoms with Gasteiger partial charge in [-0.25, -0.2) is 8.42 Å². The number of hydrogen-bond donors (Lipinski definition) is 1. The van der Waals surface area contributed by atoms with Gasteiger partial charge in [-0.3, -0.25) is 9.59 Å². The topological polar surface area (TPSA) is 125 Å². The van der Waals surface area contributed by atoms with Gasteiger partial charge in [-0.2, -0.15) is 0 Å². The number of primary amides is 1. The average Bonchev–Trinajstić information content (AvgIpc) is 3.12. The van der Waals surface area contributed by atoms with Crippen molar-refractivity contribution in [1.82, 2.24) is 14.8 Å². The van der Waals surface area contributed by atoms with Crippen LogP contribution in [0.25, 0.3) is 21.1 Å². The van der Waals surface area contributed by atoms with Crippen LogP contribution in [0.1, 0.15) is 6.42 Å². The predicted molar refractivity (Wildman–Crippen MR) is 107 cm³/mol. The van der Waals surface area contributed by atoms with Gasteiger partial charge in [0, 0.05) is 36.2 Å². The van der Waals surface area contributed by atoms with Crippen LogP contribution in [0.3, 0.4) is 0 Å². The molecule has 3 rings (SSSR count). The first-order chi connectivity index (χ1) is 13.3. The Balaban J connectivity index is 1.79. The highest BCUT2D eigenvalue weighted by atomic mass is 32.2. The Morgan fingerprint density at radius 1 is 1.14 bits per heavy atom. The second kappa shape index (κ2) is 8.03. The zero-order valence-corrected chi connectivity index (χ0v) is 16.6. The summed E-state index contributed by atoms with van der Waals surface area (Å²) in [5.41, 5.74) is 6.39. The summed E-state index contributed by atoms with van der Waals surface area (Å²) < 4.78 is 24.6. The standard InChI is InChI=1S/C18H18N4O4S2/c1-28(25,26)14(16(19)24)8-10-22-9-7-13(11-15(22)23)18-21-20-17(27-18)12-5-3-2-4-6-12/h2-7,9,11,14H,8,10H2,1H3,(H2,19,24). The van der Waals surface area contributed by atoms with Gasteiger partial charge in [-0.15, -0.1) is 10.2 Å². The van der Waals surface area contributed by atoms with Crippen LogP contribution < -0.4 is 11.3 Å². The van der Waals surface area contributed by atoms with E-state index in [2.05, 4.69) is 10.2 Å². The van der Waals surface area contributed by atoms with Crippen molar-refractivity contribution >= 4 is 27.1 Å². The molecule has 1 amide bonds. The zero-order valence-electron chi connectivity index (χ0n) is 15.0. The molecule has 2 heterocycles. The van der Waals surface area contributed by atoms with E-state index in [1.54, 1.807) is 12.3 Å². The lowest BCUT2D eigenvalue weighted by Crippen LogP contribution is -2.36. The maximum Gasteiger partial charge on any atom is 0.251 e. The summed E-state index contributed by atoms with van der Waals surface area (Å²) in [4.78, 5) is 23.7. The van der Waals surface area contributed by atoms with E-state index in [1.165, 1.54) is 22.0 Å². The molecule has 0 saturated heterocycles. The zero-order chi connectivity index (χ0) is 20.3. The lowest BCUT2D eigenvalue weighted by molar-refractivity contribution is -0.117. The molecule has 3 aromatic rings. The summed E-state index contributed by atoms with van der Waals surface area (Å²) >= 11 is 1.37. The first-order valence-electron chi connectivity index (χ1n) is 8.33. The molecule has 0 saturated carbocycles. The number of carbonyl (C=O) groups is 1. The minimum absolute atomic E-state index is 0.0607. The molecule has 2 N–H and O–H groups in total. The molecule has 8 nitrogen and oxygen atoms in total. The second-order valence-corrected chi connectivity index (χ2v) is 9.44. The first-order valence-corrected chi connectivity index (χ1v) is 11.1. The fourth-order valence-corrected chi connectivity index (χ4v) is 4.49. The molecule has 1 aromatic carbocycles. The van der Waals surface area contributed by atoms with Gasteiger partial charge in [0.25, 0.3) is 5.56 Å². The van der Waals surface area contributed by atoms with E-state index in [-0.39, 0.29) is 18.5 Å². The van der Waals surface area contributed by atoms with Gasteiger partial charge < -0.3 is 10.3 Å². The van der Waals surface area contributed by atoms with E-state index in [1.807, 2.05) is 30.3 Å². The Morgan fingerprint density at radius 2 is 1.79 bits per heavy atom. The van der Waals surface area contributed by atoms with Crippen LogP contribution in [0.2, 0.25) is 0 Å². The molecule has 146 valence electrons. The molecule has 0 bridgehead atoms. The Labute approximate surface area is 165 Å². The monoisotopic (exact) mass is 418 g/mol. The third kappa shape index (κ3) is 4.52. The smallest absolute Gasteiger partial charge is 0.251 e. The molecule has 0 aliphatic carbocycles. The van der Waals surface area contributed by atoms with Crippen LogP contribution in [0.5, 0.6) is 0 Å². The highest BCUT2D eigenvalue weighted by Crippen LogP contribution is 2.28. The first kappa shape index (κ1) is 19.9. The van der Waals surface area contributed by atoms with Crippen LogP contribution in [0.4, 0.5) is 0 Å². The maximum absolute atomic E-state index is 12.4. The molecule has 0 spiro atoms. The molecule has 0 aliphatic heterocycles. The normalized spacial score (nSPS) is 12.6. The van der Waals surface area contributed by atoms with Gasteiger partial charge >= 0.3 is 0 Å². The van der Waals surface area contributed by atoms with Crippen LogP contribution >= 0.6 is 11.3 Å². The number of hydrogen-bond acceptors (Lipinski definition) is 7. The van der Waals surface area contributed by atoms with Gasteiger partial charge in [0.05, 0.1) is 0 Å². The lowest BCUT2D eigenvalue weighted by Gasteiger charge is -2.12. The minimum Gasteiger partial charge on any atom is -0.369 e. The Bertz CT molecular complexity index is 1150. The fraction of sp³-hybridized carbons (Fsp3) is 0.222. The highest BCUT2D eigenvalue weighted by molar-refractivity contribution is 7.92. The van der Waals surface area contributed by atoms with Crippen molar-refractivity contribution in [2.75, 3.05) is 6.26 Å². The van der Waals surface area contributed by atoms with Crippen LogP contribution in [-0.2, 0) is 21.2 Å². The van der Waals surface area contributed by atoms with Crippen molar-refractivity contribution in [1.29, 1.82) is 0 Å². The summed E-state index contributed by atoms with van der Waals surface area (Å²) in [7, 11) is -3.63. The number of sulfone groups is 1. The number of rotatable bonds is 7. The lowest BCUT2D eigenvalue weighted by atomic mass is 10.2. The summed E-state index contributed by atoms with van der Waals surface area (Å²) in [6.45, 7) is 0.0607. The van der Waals surface area contributed by atoms with Crippen LogP contribution in [-0.4, -0.2) is 40.6 Å². The van der Waals surface area contributed by atoms with Crippen molar-refractivity contribution in [2.24, 2.45) is 5.73 Å². The number of aromatic nitrogens is 3. The molecule has 1 atom stereocenters. The largest absolute Gasteiger partial charge is 0.369 e. The number of pyridine rings is 1. The molecule has 1 unspecified atom stereocenters. The molecule has 0 radical (unpaired) electrons. The second-order valence-electron chi connectivity index (χ2n) is 6.23. The fourth-order valence-electron chi connectivity index (χ4n) is 2.69. The van der Waals surface area contributed by atoms with Crippen molar-refractivity contribution in [2.45, 2.75) is 18.2 Å². The van der Waals surface area contributed by atoms with Gasteiger partial charge in [-0.1, -0.05) is 41.7 Å². The van der Waals surface area contributed by atoms with E-state index < -0.39 is 21.0 Å². The van der Waals surface area contributed by atoms with E-state index in [9.17, 15) is 18.0 Å².